The summed E-state index contributed by atoms with van der Waals surface area (Å²) in [5, 5.41) is 8.83. The third-order valence-corrected chi connectivity index (χ3v) is 4.70. The van der Waals surface area contributed by atoms with Crippen molar-refractivity contribution in [1.29, 1.82) is 0 Å². The maximum absolute atomic E-state index is 12.4. The standard InChI is InChI=1S/C17H22BrNO4/c18-14-6-1-2-7-15(14)23-12-10-16(20)19-11-4-3-5-13(19)8-9-17(21)22/h1-2,6-7,13H,3-5,8-12H2,(H,21,22). The third kappa shape index (κ3) is 5.53. The Bertz CT molecular complexity index is 549. The molecule has 23 heavy (non-hydrogen) atoms. The predicted molar refractivity (Wildman–Crippen MR) is 90.5 cm³/mol. The molecule has 1 aliphatic rings. The SMILES string of the molecule is O=C(O)CCC1CCCCN1C(=O)CCOc1ccccc1Br. The van der Waals surface area contributed by atoms with Crippen molar-refractivity contribution in [3.63, 3.8) is 0 Å². The molecule has 0 saturated carbocycles. The summed E-state index contributed by atoms with van der Waals surface area (Å²) in [4.78, 5) is 25.0. The fourth-order valence-corrected chi connectivity index (χ4v) is 3.27. The zero-order valence-corrected chi connectivity index (χ0v) is 14.6. The molecule has 1 aromatic rings. The van der Waals surface area contributed by atoms with Crippen molar-refractivity contribution < 1.29 is 19.4 Å². The van der Waals surface area contributed by atoms with Gasteiger partial charge in [0.25, 0.3) is 0 Å². The van der Waals surface area contributed by atoms with Crippen molar-refractivity contribution in [2.75, 3.05) is 13.2 Å². The molecule has 1 heterocycles. The van der Waals surface area contributed by atoms with E-state index in [0.717, 1.165) is 36.0 Å². The maximum atomic E-state index is 12.4. The topological polar surface area (TPSA) is 66.8 Å². The van der Waals surface area contributed by atoms with Gasteiger partial charge < -0.3 is 14.7 Å². The van der Waals surface area contributed by atoms with E-state index in [0.29, 0.717) is 19.4 Å². The van der Waals surface area contributed by atoms with E-state index in [2.05, 4.69) is 15.9 Å². The lowest BCUT2D eigenvalue weighted by Crippen LogP contribution is -2.44. The van der Waals surface area contributed by atoms with Gasteiger partial charge in [0.2, 0.25) is 5.91 Å². The quantitative estimate of drug-likeness (QED) is 0.782. The van der Waals surface area contributed by atoms with Crippen molar-refractivity contribution in [2.45, 2.75) is 44.6 Å². The molecule has 1 atom stereocenters. The highest BCUT2D eigenvalue weighted by Gasteiger charge is 2.26. The number of carbonyl (C=O) groups excluding carboxylic acids is 1. The van der Waals surface area contributed by atoms with Crippen molar-refractivity contribution in [3.8, 4) is 5.75 Å². The summed E-state index contributed by atoms with van der Waals surface area (Å²) in [5.41, 5.74) is 0. The average Bonchev–Trinajstić information content (AvgIpc) is 2.55. The van der Waals surface area contributed by atoms with Gasteiger partial charge in [-0.3, -0.25) is 9.59 Å². The summed E-state index contributed by atoms with van der Waals surface area (Å²) < 4.78 is 6.51. The normalized spacial score (nSPS) is 17.8. The third-order valence-electron chi connectivity index (χ3n) is 4.05. The lowest BCUT2D eigenvalue weighted by molar-refractivity contribution is -0.140. The van der Waals surface area contributed by atoms with Gasteiger partial charge in [0.15, 0.2) is 0 Å². The summed E-state index contributed by atoms with van der Waals surface area (Å²) in [5.74, 6) is -0.0336. The fourth-order valence-electron chi connectivity index (χ4n) is 2.87. The Labute approximate surface area is 144 Å². The number of ether oxygens (including phenoxy) is 1. The van der Waals surface area contributed by atoms with Crippen LogP contribution in [-0.2, 0) is 9.59 Å². The van der Waals surface area contributed by atoms with E-state index in [1.807, 2.05) is 29.2 Å². The van der Waals surface area contributed by atoms with E-state index in [-0.39, 0.29) is 18.4 Å². The van der Waals surface area contributed by atoms with Crippen LogP contribution in [0.3, 0.4) is 0 Å². The monoisotopic (exact) mass is 383 g/mol. The minimum absolute atomic E-state index is 0.0483. The second kappa shape index (κ2) is 8.91. The maximum Gasteiger partial charge on any atom is 0.303 e. The minimum Gasteiger partial charge on any atom is -0.492 e. The van der Waals surface area contributed by atoms with Crippen LogP contribution in [0.25, 0.3) is 0 Å². The number of nitrogens with zero attached hydrogens (tertiary/aromatic N) is 1. The predicted octanol–water partition coefficient (Wildman–Crippen LogP) is 3.46. The van der Waals surface area contributed by atoms with Crippen LogP contribution in [0.15, 0.2) is 28.7 Å². The Morgan fingerprint density at radius 3 is 2.78 bits per heavy atom. The van der Waals surface area contributed by atoms with E-state index < -0.39 is 5.97 Å². The summed E-state index contributed by atoms with van der Waals surface area (Å²) in [7, 11) is 0. The molecule has 0 radical (unpaired) electrons. The Morgan fingerprint density at radius 1 is 1.26 bits per heavy atom. The molecule has 0 aliphatic carbocycles. The van der Waals surface area contributed by atoms with Gasteiger partial charge in [-0.15, -0.1) is 0 Å². The van der Waals surface area contributed by atoms with Crippen molar-refractivity contribution >= 4 is 27.8 Å². The van der Waals surface area contributed by atoms with E-state index in [9.17, 15) is 9.59 Å². The molecule has 1 fully saturated rings. The smallest absolute Gasteiger partial charge is 0.303 e. The Kier molecular flexibility index (Phi) is 6.89. The number of rotatable bonds is 7. The first-order chi connectivity index (χ1) is 11.1. The van der Waals surface area contributed by atoms with Crippen LogP contribution < -0.4 is 4.74 Å². The average molecular weight is 384 g/mol. The van der Waals surface area contributed by atoms with Crippen LogP contribution in [0.1, 0.15) is 38.5 Å². The van der Waals surface area contributed by atoms with Gasteiger partial charge in [-0.25, -0.2) is 0 Å². The Balaban J connectivity index is 1.83. The van der Waals surface area contributed by atoms with Crippen LogP contribution in [0, 0.1) is 0 Å². The summed E-state index contributed by atoms with van der Waals surface area (Å²) in [6.07, 6.45) is 3.89. The number of amides is 1. The number of benzene rings is 1. The largest absolute Gasteiger partial charge is 0.492 e. The van der Waals surface area contributed by atoms with E-state index in [4.69, 9.17) is 9.84 Å². The summed E-state index contributed by atoms with van der Waals surface area (Å²) in [6.45, 7) is 1.04. The number of hydrogen-bond acceptors (Lipinski definition) is 3. The number of carboxylic acid groups (broad SMARTS) is 1. The second-order valence-electron chi connectivity index (χ2n) is 5.70. The fraction of sp³-hybridized carbons (Fsp3) is 0.529. The molecule has 5 nitrogen and oxygen atoms in total. The molecule has 6 heteroatoms. The molecular formula is C17H22BrNO4. The zero-order valence-electron chi connectivity index (χ0n) is 13.0. The second-order valence-corrected chi connectivity index (χ2v) is 6.55. The van der Waals surface area contributed by atoms with Crippen LogP contribution >= 0.6 is 15.9 Å². The lowest BCUT2D eigenvalue weighted by Gasteiger charge is -2.35. The molecule has 2 rings (SSSR count). The number of aliphatic carboxylic acids is 1. The van der Waals surface area contributed by atoms with Gasteiger partial charge in [-0.2, -0.15) is 0 Å². The minimum atomic E-state index is -0.805. The van der Waals surface area contributed by atoms with Crippen LogP contribution in [-0.4, -0.2) is 41.1 Å². The molecule has 1 saturated heterocycles. The number of likely N-dealkylation sites (tertiary alicyclic amines) is 1. The van der Waals surface area contributed by atoms with Gasteiger partial charge in [0.05, 0.1) is 17.5 Å². The van der Waals surface area contributed by atoms with Crippen molar-refractivity contribution in [1.82, 2.24) is 4.90 Å². The molecule has 0 aromatic heterocycles. The summed E-state index contributed by atoms with van der Waals surface area (Å²) in [6, 6.07) is 7.59. The number of carboxylic acids is 1. The zero-order chi connectivity index (χ0) is 16.7. The van der Waals surface area contributed by atoms with E-state index in [1.54, 1.807) is 0 Å². The molecule has 1 aromatic carbocycles. The molecular weight excluding hydrogens is 362 g/mol. The van der Waals surface area contributed by atoms with E-state index >= 15 is 0 Å². The van der Waals surface area contributed by atoms with Crippen molar-refractivity contribution in [2.24, 2.45) is 0 Å². The molecule has 1 amide bonds. The molecule has 1 N–H and O–H groups in total. The molecule has 126 valence electrons. The van der Waals surface area contributed by atoms with Crippen LogP contribution in [0.2, 0.25) is 0 Å². The van der Waals surface area contributed by atoms with Gasteiger partial charge in [-0.05, 0) is 53.7 Å². The lowest BCUT2D eigenvalue weighted by atomic mass is 9.97. The molecule has 0 spiro atoms. The number of halogens is 1. The van der Waals surface area contributed by atoms with Gasteiger partial charge >= 0.3 is 5.97 Å². The van der Waals surface area contributed by atoms with Gasteiger partial charge in [-0.1, -0.05) is 12.1 Å². The van der Waals surface area contributed by atoms with Crippen molar-refractivity contribution in [3.05, 3.63) is 28.7 Å². The number of para-hydroxylation sites is 1. The molecule has 0 bridgehead atoms. The molecule has 1 unspecified atom stereocenters. The first kappa shape index (κ1) is 17.8. The highest BCUT2D eigenvalue weighted by atomic mass is 79.9. The number of hydrogen-bond donors (Lipinski definition) is 1. The summed E-state index contributed by atoms with van der Waals surface area (Å²) >= 11 is 3.41. The van der Waals surface area contributed by atoms with E-state index in [1.165, 1.54) is 0 Å². The van der Waals surface area contributed by atoms with Crippen LogP contribution in [0.4, 0.5) is 0 Å². The Morgan fingerprint density at radius 2 is 2.04 bits per heavy atom. The van der Waals surface area contributed by atoms with Gasteiger partial charge in [0, 0.05) is 19.0 Å². The van der Waals surface area contributed by atoms with Gasteiger partial charge in [0.1, 0.15) is 5.75 Å². The highest BCUT2D eigenvalue weighted by Crippen LogP contribution is 2.25. The Hall–Kier alpha value is -1.56. The highest BCUT2D eigenvalue weighted by molar-refractivity contribution is 9.10. The number of carbonyl (C=O) groups is 2. The number of piperidine rings is 1. The molecule has 1 aliphatic heterocycles. The first-order valence-electron chi connectivity index (χ1n) is 7.96. The van der Waals surface area contributed by atoms with Crippen LogP contribution in [0.5, 0.6) is 5.75 Å². The first-order valence-corrected chi connectivity index (χ1v) is 8.76.